The Morgan fingerprint density at radius 3 is 2.08 bits per heavy atom. The fourth-order valence-corrected chi connectivity index (χ4v) is 2.00. The molecule has 26 heavy (non-hydrogen) atoms. The average Bonchev–Trinajstić information content (AvgIpc) is 2.68. The number of aromatic carboxylic acids is 1. The van der Waals surface area contributed by atoms with Gasteiger partial charge < -0.3 is 14.9 Å². The van der Waals surface area contributed by atoms with Crippen LogP contribution in [-0.4, -0.2) is 34.9 Å². The molecule has 0 saturated heterocycles. The molecular weight excluding hydrogens is 332 g/mol. The van der Waals surface area contributed by atoms with Crippen LogP contribution in [0.25, 0.3) is 6.08 Å². The zero-order valence-electron chi connectivity index (χ0n) is 14.7. The van der Waals surface area contributed by atoms with Gasteiger partial charge in [-0.1, -0.05) is 55.5 Å². The Labute approximate surface area is 153 Å². The molecule has 0 bridgehead atoms. The summed E-state index contributed by atoms with van der Waals surface area (Å²) >= 11 is 0. The van der Waals surface area contributed by atoms with E-state index >= 15 is 0 Å². The summed E-state index contributed by atoms with van der Waals surface area (Å²) in [6.45, 7) is 1.96. The van der Waals surface area contributed by atoms with E-state index in [2.05, 4.69) is 0 Å². The summed E-state index contributed by atoms with van der Waals surface area (Å²) in [6, 6.07) is 17.9. The van der Waals surface area contributed by atoms with Crippen LogP contribution in [0, 0.1) is 0 Å². The van der Waals surface area contributed by atoms with Crippen LogP contribution in [0.4, 0.5) is 0 Å². The van der Waals surface area contributed by atoms with Gasteiger partial charge in [0.25, 0.3) is 0 Å². The SMILES string of the molecule is CCC(CCO)OC(=O)C=Cc1ccccc1.O=C(O)c1ccccc1. The number of carbonyl (C=O) groups excluding carboxylic acids is 1. The van der Waals surface area contributed by atoms with E-state index in [-0.39, 0.29) is 18.7 Å². The molecule has 0 aliphatic heterocycles. The maximum absolute atomic E-state index is 11.5. The first-order chi connectivity index (χ1) is 12.6. The molecule has 138 valence electrons. The van der Waals surface area contributed by atoms with Gasteiger partial charge in [0, 0.05) is 19.1 Å². The Morgan fingerprint density at radius 1 is 1.04 bits per heavy atom. The second-order valence-corrected chi connectivity index (χ2v) is 5.39. The monoisotopic (exact) mass is 356 g/mol. The van der Waals surface area contributed by atoms with Crippen LogP contribution >= 0.6 is 0 Å². The van der Waals surface area contributed by atoms with Gasteiger partial charge in [-0.3, -0.25) is 0 Å². The molecule has 0 fully saturated rings. The molecule has 0 spiro atoms. The minimum Gasteiger partial charge on any atom is -0.478 e. The molecule has 0 aliphatic carbocycles. The Bertz CT molecular complexity index is 680. The van der Waals surface area contributed by atoms with Crippen molar-refractivity contribution in [2.75, 3.05) is 6.61 Å². The van der Waals surface area contributed by atoms with Crippen LogP contribution in [0.5, 0.6) is 0 Å². The summed E-state index contributed by atoms with van der Waals surface area (Å²) in [6.07, 6.45) is 4.13. The molecule has 1 atom stereocenters. The van der Waals surface area contributed by atoms with Gasteiger partial charge in [0.2, 0.25) is 0 Å². The Hall–Kier alpha value is -2.92. The zero-order chi connectivity index (χ0) is 19.2. The molecule has 5 heteroatoms. The maximum atomic E-state index is 11.5. The number of hydrogen-bond acceptors (Lipinski definition) is 4. The van der Waals surface area contributed by atoms with Gasteiger partial charge in [0.1, 0.15) is 6.10 Å². The second-order valence-electron chi connectivity index (χ2n) is 5.39. The van der Waals surface area contributed by atoms with Crippen molar-refractivity contribution in [3.63, 3.8) is 0 Å². The van der Waals surface area contributed by atoms with E-state index in [0.717, 1.165) is 5.56 Å². The van der Waals surface area contributed by atoms with Gasteiger partial charge in [-0.15, -0.1) is 0 Å². The highest BCUT2D eigenvalue weighted by Crippen LogP contribution is 2.06. The van der Waals surface area contributed by atoms with E-state index in [9.17, 15) is 9.59 Å². The number of carbonyl (C=O) groups is 2. The lowest BCUT2D eigenvalue weighted by Crippen LogP contribution is -2.17. The van der Waals surface area contributed by atoms with E-state index < -0.39 is 5.97 Å². The summed E-state index contributed by atoms with van der Waals surface area (Å²) in [4.78, 5) is 21.7. The van der Waals surface area contributed by atoms with Gasteiger partial charge in [-0.25, -0.2) is 9.59 Å². The number of aliphatic hydroxyl groups excluding tert-OH is 1. The first-order valence-corrected chi connectivity index (χ1v) is 8.39. The second kappa shape index (κ2) is 12.4. The molecule has 1 unspecified atom stereocenters. The lowest BCUT2D eigenvalue weighted by Gasteiger charge is -2.13. The topological polar surface area (TPSA) is 83.8 Å². The lowest BCUT2D eigenvalue weighted by atomic mass is 10.2. The predicted molar refractivity (Wildman–Crippen MR) is 101 cm³/mol. The molecular formula is C21H24O5. The normalized spacial score (nSPS) is 11.3. The third-order valence-corrected chi connectivity index (χ3v) is 3.42. The number of esters is 1. The highest BCUT2D eigenvalue weighted by molar-refractivity contribution is 5.87. The van der Waals surface area contributed by atoms with Crippen LogP contribution in [0.2, 0.25) is 0 Å². The predicted octanol–water partition coefficient (Wildman–Crippen LogP) is 3.79. The molecule has 0 aliphatic rings. The first-order valence-electron chi connectivity index (χ1n) is 8.39. The summed E-state index contributed by atoms with van der Waals surface area (Å²) in [5.41, 5.74) is 1.29. The highest BCUT2D eigenvalue weighted by atomic mass is 16.5. The van der Waals surface area contributed by atoms with E-state index in [1.807, 2.05) is 37.3 Å². The van der Waals surface area contributed by atoms with E-state index in [1.54, 1.807) is 36.4 Å². The summed E-state index contributed by atoms with van der Waals surface area (Å²) < 4.78 is 5.18. The first kappa shape index (κ1) is 21.1. The Morgan fingerprint density at radius 2 is 1.62 bits per heavy atom. The number of rotatable bonds is 7. The highest BCUT2D eigenvalue weighted by Gasteiger charge is 2.09. The van der Waals surface area contributed by atoms with Crippen molar-refractivity contribution in [1.82, 2.24) is 0 Å². The van der Waals surface area contributed by atoms with Gasteiger partial charge in [-0.05, 0) is 30.2 Å². The standard InChI is InChI=1S/C14H18O3.C7H6O2/c1-2-13(10-11-15)17-14(16)9-8-12-6-4-3-5-7-12;8-7(9)6-4-2-1-3-5-6/h3-9,13,15H,2,10-11H2,1H3;1-5H,(H,8,9). The third kappa shape index (κ3) is 8.80. The van der Waals surface area contributed by atoms with Gasteiger partial charge in [0.05, 0.1) is 5.56 Å². The van der Waals surface area contributed by atoms with Crippen molar-refractivity contribution in [1.29, 1.82) is 0 Å². The molecule has 5 nitrogen and oxygen atoms in total. The lowest BCUT2D eigenvalue weighted by molar-refractivity contribution is -0.143. The minimum absolute atomic E-state index is 0.0359. The number of ether oxygens (including phenoxy) is 1. The molecule has 0 amide bonds. The summed E-state index contributed by atoms with van der Waals surface area (Å²) in [7, 11) is 0. The van der Waals surface area contributed by atoms with Crippen LogP contribution in [0.15, 0.2) is 66.7 Å². The van der Waals surface area contributed by atoms with E-state index in [0.29, 0.717) is 18.4 Å². The van der Waals surface area contributed by atoms with Crippen molar-refractivity contribution in [3.8, 4) is 0 Å². The molecule has 2 aromatic rings. The fourth-order valence-electron chi connectivity index (χ4n) is 2.00. The van der Waals surface area contributed by atoms with Gasteiger partial charge in [0.15, 0.2) is 0 Å². The average molecular weight is 356 g/mol. The molecule has 0 heterocycles. The van der Waals surface area contributed by atoms with Crippen molar-refractivity contribution in [2.24, 2.45) is 0 Å². The fraction of sp³-hybridized carbons (Fsp3) is 0.238. The van der Waals surface area contributed by atoms with Crippen LogP contribution in [0.3, 0.4) is 0 Å². The number of aliphatic hydroxyl groups is 1. The molecule has 0 aromatic heterocycles. The molecule has 2 rings (SSSR count). The number of hydrogen-bond donors (Lipinski definition) is 2. The zero-order valence-corrected chi connectivity index (χ0v) is 14.7. The van der Waals surface area contributed by atoms with Crippen molar-refractivity contribution in [2.45, 2.75) is 25.9 Å². The molecule has 0 saturated carbocycles. The molecule has 2 aromatic carbocycles. The summed E-state index contributed by atoms with van der Waals surface area (Å²) in [5.74, 6) is -1.25. The van der Waals surface area contributed by atoms with Crippen molar-refractivity contribution in [3.05, 3.63) is 77.9 Å². The van der Waals surface area contributed by atoms with Crippen molar-refractivity contribution < 1.29 is 24.5 Å². The summed E-state index contributed by atoms with van der Waals surface area (Å²) in [5, 5.41) is 17.2. The van der Waals surface area contributed by atoms with Crippen molar-refractivity contribution >= 4 is 18.0 Å². The van der Waals surface area contributed by atoms with E-state index in [4.69, 9.17) is 14.9 Å². The number of carboxylic acid groups (broad SMARTS) is 1. The minimum atomic E-state index is -0.879. The van der Waals surface area contributed by atoms with Crippen LogP contribution in [-0.2, 0) is 9.53 Å². The van der Waals surface area contributed by atoms with E-state index in [1.165, 1.54) is 6.08 Å². The maximum Gasteiger partial charge on any atom is 0.335 e. The smallest absolute Gasteiger partial charge is 0.335 e. The van der Waals surface area contributed by atoms with Crippen LogP contribution in [0.1, 0.15) is 35.7 Å². The van der Waals surface area contributed by atoms with Gasteiger partial charge >= 0.3 is 11.9 Å². The largest absolute Gasteiger partial charge is 0.478 e. The third-order valence-electron chi connectivity index (χ3n) is 3.42. The number of benzene rings is 2. The van der Waals surface area contributed by atoms with Gasteiger partial charge in [-0.2, -0.15) is 0 Å². The molecule has 0 radical (unpaired) electrons. The number of carboxylic acids is 1. The Kier molecular flexibility index (Phi) is 10.1. The van der Waals surface area contributed by atoms with Crippen LogP contribution < -0.4 is 0 Å². The Balaban J connectivity index is 0.000000314. The quantitative estimate of drug-likeness (QED) is 0.582. The molecule has 2 N–H and O–H groups in total.